The van der Waals surface area contributed by atoms with Crippen LogP contribution in [0, 0.1) is 13.8 Å². The molecule has 5 nitrogen and oxygen atoms in total. The molecule has 1 N–H and O–H groups in total. The Kier molecular flexibility index (Phi) is 3.02. The SMILES string of the molecule is Cc1nn(C)c(C)c1CC(O)c1cnn(C)c1. The summed E-state index contributed by atoms with van der Waals surface area (Å²) in [5.41, 5.74) is 4.04. The molecular weight excluding hydrogens is 216 g/mol. The zero-order chi connectivity index (χ0) is 12.6. The molecule has 1 unspecified atom stereocenters. The van der Waals surface area contributed by atoms with E-state index in [-0.39, 0.29) is 0 Å². The molecule has 0 saturated carbocycles. The minimum atomic E-state index is -0.523. The highest BCUT2D eigenvalue weighted by atomic mass is 16.3. The molecule has 0 amide bonds. The van der Waals surface area contributed by atoms with Crippen LogP contribution in [0.2, 0.25) is 0 Å². The maximum atomic E-state index is 10.2. The molecule has 92 valence electrons. The normalized spacial score (nSPS) is 13.0. The van der Waals surface area contributed by atoms with Gasteiger partial charge in [0, 0.05) is 38.0 Å². The Labute approximate surface area is 101 Å². The molecule has 5 heteroatoms. The molecule has 0 aromatic carbocycles. The molecule has 0 aliphatic rings. The molecule has 2 aromatic heterocycles. The lowest BCUT2D eigenvalue weighted by Gasteiger charge is -2.08. The second-order valence-corrected chi connectivity index (χ2v) is 4.44. The van der Waals surface area contributed by atoms with Gasteiger partial charge in [0.05, 0.1) is 18.0 Å². The smallest absolute Gasteiger partial charge is 0.0862 e. The highest BCUT2D eigenvalue weighted by molar-refractivity contribution is 5.26. The lowest BCUT2D eigenvalue weighted by Crippen LogP contribution is -2.03. The van der Waals surface area contributed by atoms with Crippen LogP contribution in [-0.2, 0) is 20.5 Å². The Bertz CT molecular complexity index is 527. The second kappa shape index (κ2) is 4.33. The Hall–Kier alpha value is -1.62. The molecule has 0 aliphatic heterocycles. The van der Waals surface area contributed by atoms with Crippen LogP contribution in [0.15, 0.2) is 12.4 Å². The van der Waals surface area contributed by atoms with Crippen molar-refractivity contribution in [3.63, 3.8) is 0 Å². The average molecular weight is 234 g/mol. The average Bonchev–Trinajstić information content (AvgIpc) is 2.79. The van der Waals surface area contributed by atoms with E-state index < -0.39 is 6.10 Å². The first-order valence-corrected chi connectivity index (χ1v) is 5.64. The van der Waals surface area contributed by atoms with Gasteiger partial charge in [0.2, 0.25) is 0 Å². The van der Waals surface area contributed by atoms with Gasteiger partial charge in [-0.25, -0.2) is 0 Å². The monoisotopic (exact) mass is 234 g/mol. The Morgan fingerprint density at radius 2 is 2.06 bits per heavy atom. The van der Waals surface area contributed by atoms with Gasteiger partial charge in [-0.05, 0) is 19.4 Å². The number of rotatable bonds is 3. The van der Waals surface area contributed by atoms with Gasteiger partial charge in [-0.3, -0.25) is 9.36 Å². The van der Waals surface area contributed by atoms with E-state index in [0.717, 1.165) is 22.5 Å². The van der Waals surface area contributed by atoms with Crippen LogP contribution in [-0.4, -0.2) is 24.7 Å². The van der Waals surface area contributed by atoms with Gasteiger partial charge in [-0.2, -0.15) is 10.2 Å². The zero-order valence-electron chi connectivity index (χ0n) is 10.7. The van der Waals surface area contributed by atoms with E-state index in [2.05, 4.69) is 10.2 Å². The van der Waals surface area contributed by atoms with Gasteiger partial charge in [0.25, 0.3) is 0 Å². The second-order valence-electron chi connectivity index (χ2n) is 4.44. The van der Waals surface area contributed by atoms with Crippen molar-refractivity contribution in [1.29, 1.82) is 0 Å². The van der Waals surface area contributed by atoms with Gasteiger partial charge in [-0.1, -0.05) is 0 Å². The fourth-order valence-electron chi connectivity index (χ4n) is 2.04. The third kappa shape index (κ3) is 2.24. The summed E-state index contributed by atoms with van der Waals surface area (Å²) >= 11 is 0. The summed E-state index contributed by atoms with van der Waals surface area (Å²) in [5, 5.41) is 18.6. The summed E-state index contributed by atoms with van der Waals surface area (Å²) in [6.07, 6.45) is 3.60. The summed E-state index contributed by atoms with van der Waals surface area (Å²) in [7, 11) is 3.76. The molecule has 0 bridgehead atoms. The minimum Gasteiger partial charge on any atom is -0.388 e. The quantitative estimate of drug-likeness (QED) is 0.863. The summed E-state index contributed by atoms with van der Waals surface area (Å²) in [4.78, 5) is 0. The standard InChI is InChI=1S/C12H18N4O/c1-8-11(9(2)16(4)14-8)5-12(17)10-6-13-15(3)7-10/h6-7,12,17H,5H2,1-4H3. The van der Waals surface area contributed by atoms with Gasteiger partial charge >= 0.3 is 0 Å². The largest absolute Gasteiger partial charge is 0.388 e. The zero-order valence-corrected chi connectivity index (χ0v) is 10.7. The lowest BCUT2D eigenvalue weighted by atomic mass is 10.0. The van der Waals surface area contributed by atoms with Crippen molar-refractivity contribution in [3.05, 3.63) is 34.9 Å². The van der Waals surface area contributed by atoms with E-state index in [0.29, 0.717) is 6.42 Å². The summed E-state index contributed by atoms with van der Waals surface area (Å²) in [5.74, 6) is 0. The number of nitrogens with zero attached hydrogens (tertiary/aromatic N) is 4. The van der Waals surface area contributed by atoms with Gasteiger partial charge in [0.1, 0.15) is 0 Å². The van der Waals surface area contributed by atoms with Gasteiger partial charge in [0.15, 0.2) is 0 Å². The Morgan fingerprint density at radius 1 is 1.35 bits per heavy atom. The van der Waals surface area contributed by atoms with Crippen LogP contribution in [0.25, 0.3) is 0 Å². The van der Waals surface area contributed by atoms with Crippen molar-refractivity contribution in [3.8, 4) is 0 Å². The molecule has 1 atom stereocenters. The molecular formula is C12H18N4O. The number of hydrogen-bond donors (Lipinski definition) is 1. The number of hydrogen-bond acceptors (Lipinski definition) is 3. The third-order valence-electron chi connectivity index (χ3n) is 3.17. The number of aliphatic hydroxyl groups is 1. The van der Waals surface area contributed by atoms with Gasteiger partial charge in [-0.15, -0.1) is 0 Å². The maximum Gasteiger partial charge on any atom is 0.0862 e. The highest BCUT2D eigenvalue weighted by Gasteiger charge is 2.16. The summed E-state index contributed by atoms with van der Waals surface area (Å²) in [6.45, 7) is 3.99. The molecule has 0 saturated heterocycles. The lowest BCUT2D eigenvalue weighted by molar-refractivity contribution is 0.178. The highest BCUT2D eigenvalue weighted by Crippen LogP contribution is 2.21. The first-order chi connectivity index (χ1) is 7.99. The van der Waals surface area contributed by atoms with Crippen molar-refractivity contribution >= 4 is 0 Å². The molecule has 2 rings (SSSR count). The molecule has 0 aliphatic carbocycles. The number of aryl methyl sites for hydroxylation is 3. The van der Waals surface area contributed by atoms with E-state index in [4.69, 9.17) is 0 Å². The predicted molar refractivity (Wildman–Crippen MR) is 64.6 cm³/mol. The molecule has 17 heavy (non-hydrogen) atoms. The van der Waals surface area contributed by atoms with Crippen molar-refractivity contribution in [2.75, 3.05) is 0 Å². The predicted octanol–water partition coefficient (Wildman–Crippen LogP) is 1.05. The first-order valence-electron chi connectivity index (χ1n) is 5.64. The van der Waals surface area contributed by atoms with Crippen molar-refractivity contribution in [2.45, 2.75) is 26.4 Å². The summed E-state index contributed by atoms with van der Waals surface area (Å²) in [6, 6.07) is 0. The Balaban J connectivity index is 2.21. The first kappa shape index (κ1) is 11.9. The van der Waals surface area contributed by atoms with Crippen molar-refractivity contribution in [2.24, 2.45) is 14.1 Å². The fraction of sp³-hybridized carbons (Fsp3) is 0.500. The van der Waals surface area contributed by atoms with E-state index in [9.17, 15) is 5.11 Å². The topological polar surface area (TPSA) is 55.9 Å². The maximum absolute atomic E-state index is 10.2. The molecule has 0 fully saturated rings. The van der Waals surface area contributed by atoms with E-state index >= 15 is 0 Å². The van der Waals surface area contributed by atoms with Crippen LogP contribution >= 0.6 is 0 Å². The van der Waals surface area contributed by atoms with Crippen LogP contribution in [0.1, 0.15) is 28.6 Å². The third-order valence-corrected chi connectivity index (χ3v) is 3.17. The van der Waals surface area contributed by atoms with Crippen LogP contribution < -0.4 is 0 Å². The number of aromatic nitrogens is 4. The van der Waals surface area contributed by atoms with Crippen molar-refractivity contribution < 1.29 is 5.11 Å². The molecule has 2 aromatic rings. The molecule has 2 heterocycles. The van der Waals surface area contributed by atoms with Crippen molar-refractivity contribution in [1.82, 2.24) is 19.6 Å². The van der Waals surface area contributed by atoms with E-state index in [1.807, 2.05) is 38.8 Å². The van der Waals surface area contributed by atoms with E-state index in [1.165, 1.54) is 0 Å². The van der Waals surface area contributed by atoms with Crippen LogP contribution in [0.4, 0.5) is 0 Å². The number of aliphatic hydroxyl groups excluding tert-OH is 1. The fourth-order valence-corrected chi connectivity index (χ4v) is 2.04. The molecule has 0 spiro atoms. The van der Waals surface area contributed by atoms with Crippen LogP contribution in [0.5, 0.6) is 0 Å². The molecule has 0 radical (unpaired) electrons. The minimum absolute atomic E-state index is 0.523. The Morgan fingerprint density at radius 3 is 2.53 bits per heavy atom. The van der Waals surface area contributed by atoms with E-state index in [1.54, 1.807) is 10.9 Å². The summed E-state index contributed by atoms with van der Waals surface area (Å²) < 4.78 is 3.54. The van der Waals surface area contributed by atoms with Gasteiger partial charge < -0.3 is 5.11 Å². The van der Waals surface area contributed by atoms with Crippen LogP contribution in [0.3, 0.4) is 0 Å².